The van der Waals surface area contributed by atoms with Crippen LogP contribution in [0.25, 0.3) is 0 Å². The van der Waals surface area contributed by atoms with Crippen LogP contribution in [0.2, 0.25) is 0 Å². The highest BCUT2D eigenvalue weighted by atomic mass is 16.5. The first-order chi connectivity index (χ1) is 13.6. The molecule has 4 heteroatoms. The van der Waals surface area contributed by atoms with Crippen molar-refractivity contribution in [3.05, 3.63) is 107 Å². The number of nitrogens with one attached hydrogen (secondary N) is 1. The van der Waals surface area contributed by atoms with E-state index in [1.54, 1.807) is 24.3 Å². The van der Waals surface area contributed by atoms with Crippen molar-refractivity contribution in [2.24, 2.45) is 0 Å². The molecule has 3 aromatic carbocycles. The Morgan fingerprint density at radius 3 is 2.07 bits per heavy atom. The highest BCUT2D eigenvalue weighted by Crippen LogP contribution is 2.09. The molecule has 1 atom stereocenters. The summed E-state index contributed by atoms with van der Waals surface area (Å²) >= 11 is 0. The zero-order valence-electron chi connectivity index (χ0n) is 15.8. The maximum atomic E-state index is 12.7. The minimum absolute atomic E-state index is 0.172. The fourth-order valence-corrected chi connectivity index (χ4v) is 2.81. The first kappa shape index (κ1) is 19.4. The van der Waals surface area contributed by atoms with Gasteiger partial charge in [0.05, 0.1) is 0 Å². The second kappa shape index (κ2) is 9.51. The van der Waals surface area contributed by atoms with Gasteiger partial charge in [-0.2, -0.15) is 0 Å². The lowest BCUT2D eigenvalue weighted by molar-refractivity contribution is -0.147. The molecule has 3 rings (SSSR count). The molecule has 1 unspecified atom stereocenters. The number of amides is 1. The SMILES string of the molecule is Cc1ccc(COC(=O)C(Cc2ccccc2)NC(=O)c2ccccc2)cc1. The number of carbonyl (C=O) groups is 2. The van der Waals surface area contributed by atoms with E-state index < -0.39 is 12.0 Å². The summed E-state index contributed by atoms with van der Waals surface area (Å²) in [5, 5.41) is 2.81. The first-order valence-corrected chi connectivity index (χ1v) is 9.24. The van der Waals surface area contributed by atoms with Crippen molar-refractivity contribution >= 4 is 11.9 Å². The zero-order chi connectivity index (χ0) is 19.8. The van der Waals surface area contributed by atoms with Gasteiger partial charge >= 0.3 is 5.97 Å². The number of aryl methyl sites for hydroxylation is 1. The Bertz CT molecular complexity index is 906. The topological polar surface area (TPSA) is 55.4 Å². The van der Waals surface area contributed by atoms with Crippen LogP contribution in [0.3, 0.4) is 0 Å². The second-order valence-corrected chi connectivity index (χ2v) is 6.68. The van der Waals surface area contributed by atoms with E-state index in [0.29, 0.717) is 12.0 Å². The van der Waals surface area contributed by atoms with Gasteiger partial charge in [0.2, 0.25) is 0 Å². The minimum atomic E-state index is -0.763. The summed E-state index contributed by atoms with van der Waals surface area (Å²) < 4.78 is 5.49. The molecule has 3 aromatic rings. The molecule has 0 spiro atoms. The van der Waals surface area contributed by atoms with E-state index in [1.807, 2.05) is 67.6 Å². The highest BCUT2D eigenvalue weighted by Gasteiger charge is 2.23. The third-order valence-corrected chi connectivity index (χ3v) is 4.41. The van der Waals surface area contributed by atoms with Gasteiger partial charge in [0.25, 0.3) is 5.91 Å². The summed E-state index contributed by atoms with van der Waals surface area (Å²) in [6.07, 6.45) is 0.367. The van der Waals surface area contributed by atoms with Gasteiger partial charge in [0.15, 0.2) is 0 Å². The Hall–Kier alpha value is -3.40. The van der Waals surface area contributed by atoms with Crippen molar-refractivity contribution in [2.75, 3.05) is 0 Å². The molecular formula is C24H23NO3. The van der Waals surface area contributed by atoms with E-state index in [-0.39, 0.29) is 12.5 Å². The number of hydrogen-bond donors (Lipinski definition) is 1. The summed E-state index contributed by atoms with van der Waals surface area (Å²) in [5.74, 6) is -0.748. The molecule has 0 radical (unpaired) electrons. The van der Waals surface area contributed by atoms with Gasteiger partial charge in [-0.25, -0.2) is 4.79 Å². The van der Waals surface area contributed by atoms with Crippen molar-refractivity contribution in [2.45, 2.75) is 26.0 Å². The van der Waals surface area contributed by atoms with E-state index in [0.717, 1.165) is 16.7 Å². The van der Waals surface area contributed by atoms with Crippen molar-refractivity contribution in [3.63, 3.8) is 0 Å². The summed E-state index contributed by atoms with van der Waals surface area (Å²) in [7, 11) is 0. The molecule has 1 N–H and O–H groups in total. The molecule has 0 saturated carbocycles. The standard InChI is InChI=1S/C24H23NO3/c1-18-12-14-20(15-13-18)17-28-24(27)22(16-19-8-4-2-5-9-19)25-23(26)21-10-6-3-7-11-21/h2-15,22H,16-17H2,1H3,(H,25,26). The molecule has 0 saturated heterocycles. The molecule has 142 valence electrons. The normalized spacial score (nSPS) is 11.5. The second-order valence-electron chi connectivity index (χ2n) is 6.68. The summed E-state index contributed by atoms with van der Waals surface area (Å²) in [6, 6.07) is 25.5. The van der Waals surface area contributed by atoms with E-state index >= 15 is 0 Å². The van der Waals surface area contributed by atoms with Gasteiger partial charge in [-0.3, -0.25) is 4.79 Å². The van der Waals surface area contributed by atoms with Gasteiger partial charge in [-0.05, 0) is 30.2 Å². The molecule has 0 heterocycles. The monoisotopic (exact) mass is 373 g/mol. The van der Waals surface area contributed by atoms with E-state index in [1.165, 1.54) is 0 Å². The van der Waals surface area contributed by atoms with Crippen LogP contribution < -0.4 is 5.32 Å². The predicted octanol–water partition coefficient (Wildman–Crippen LogP) is 4.08. The van der Waals surface area contributed by atoms with Gasteiger partial charge < -0.3 is 10.1 Å². The Morgan fingerprint density at radius 2 is 1.43 bits per heavy atom. The average Bonchev–Trinajstić information content (AvgIpc) is 2.74. The van der Waals surface area contributed by atoms with E-state index in [9.17, 15) is 9.59 Å². The Balaban J connectivity index is 1.70. The third-order valence-electron chi connectivity index (χ3n) is 4.41. The maximum Gasteiger partial charge on any atom is 0.329 e. The van der Waals surface area contributed by atoms with Crippen LogP contribution in [-0.4, -0.2) is 17.9 Å². The van der Waals surface area contributed by atoms with Crippen molar-refractivity contribution in [1.82, 2.24) is 5.32 Å². The minimum Gasteiger partial charge on any atom is -0.459 e. The smallest absolute Gasteiger partial charge is 0.329 e. The quantitative estimate of drug-likeness (QED) is 0.635. The molecule has 0 bridgehead atoms. The van der Waals surface area contributed by atoms with Gasteiger partial charge in [-0.1, -0.05) is 78.4 Å². The summed E-state index contributed by atoms with van der Waals surface area (Å²) in [4.78, 5) is 25.3. The van der Waals surface area contributed by atoms with Crippen LogP contribution in [0.1, 0.15) is 27.0 Å². The number of hydrogen-bond acceptors (Lipinski definition) is 3. The lowest BCUT2D eigenvalue weighted by Crippen LogP contribution is -2.43. The third kappa shape index (κ3) is 5.55. The van der Waals surface area contributed by atoms with Crippen LogP contribution in [0.15, 0.2) is 84.9 Å². The molecule has 4 nitrogen and oxygen atoms in total. The molecule has 1 amide bonds. The number of carbonyl (C=O) groups excluding carboxylic acids is 2. The first-order valence-electron chi connectivity index (χ1n) is 9.24. The van der Waals surface area contributed by atoms with Crippen molar-refractivity contribution < 1.29 is 14.3 Å². The molecule has 28 heavy (non-hydrogen) atoms. The average molecular weight is 373 g/mol. The Morgan fingerprint density at radius 1 is 0.821 bits per heavy atom. The van der Waals surface area contributed by atoms with Crippen LogP contribution in [0.5, 0.6) is 0 Å². The number of benzene rings is 3. The Kier molecular flexibility index (Phi) is 6.58. The number of ether oxygens (including phenoxy) is 1. The molecule has 0 aliphatic carbocycles. The van der Waals surface area contributed by atoms with Gasteiger partial charge in [-0.15, -0.1) is 0 Å². The van der Waals surface area contributed by atoms with Crippen LogP contribution >= 0.6 is 0 Å². The van der Waals surface area contributed by atoms with E-state index in [2.05, 4.69) is 5.32 Å². The van der Waals surface area contributed by atoms with Crippen LogP contribution in [0, 0.1) is 6.92 Å². The lowest BCUT2D eigenvalue weighted by Gasteiger charge is -2.18. The molecule has 0 aliphatic heterocycles. The number of rotatable bonds is 7. The molecule has 0 aromatic heterocycles. The molecule has 0 aliphatic rings. The zero-order valence-corrected chi connectivity index (χ0v) is 15.8. The maximum absolute atomic E-state index is 12.7. The Labute approximate surface area is 165 Å². The van der Waals surface area contributed by atoms with Crippen LogP contribution in [0.4, 0.5) is 0 Å². The predicted molar refractivity (Wildman–Crippen MR) is 109 cm³/mol. The molecule has 0 fully saturated rings. The van der Waals surface area contributed by atoms with Crippen molar-refractivity contribution in [1.29, 1.82) is 0 Å². The van der Waals surface area contributed by atoms with E-state index in [4.69, 9.17) is 4.74 Å². The lowest BCUT2D eigenvalue weighted by atomic mass is 10.1. The largest absolute Gasteiger partial charge is 0.459 e. The fourth-order valence-electron chi connectivity index (χ4n) is 2.81. The van der Waals surface area contributed by atoms with Crippen molar-refractivity contribution in [3.8, 4) is 0 Å². The molecular weight excluding hydrogens is 350 g/mol. The van der Waals surface area contributed by atoms with Gasteiger partial charge in [0, 0.05) is 12.0 Å². The fraction of sp³-hybridized carbons (Fsp3) is 0.167. The number of esters is 1. The summed E-state index contributed by atoms with van der Waals surface area (Å²) in [6.45, 7) is 2.18. The van der Waals surface area contributed by atoms with Crippen LogP contribution in [-0.2, 0) is 22.6 Å². The highest BCUT2D eigenvalue weighted by molar-refractivity contribution is 5.96. The summed E-state index contributed by atoms with van der Waals surface area (Å²) in [5.41, 5.74) is 3.51. The van der Waals surface area contributed by atoms with Gasteiger partial charge in [0.1, 0.15) is 12.6 Å².